The quantitative estimate of drug-likeness (QED) is 0.590. The van der Waals surface area contributed by atoms with Gasteiger partial charge in [-0.3, -0.25) is 0 Å². The van der Waals surface area contributed by atoms with Crippen LogP contribution in [0.25, 0.3) is 0 Å². The van der Waals surface area contributed by atoms with Gasteiger partial charge in [-0.25, -0.2) is 0 Å². The molecular formula is C9H17N. The Balaban J connectivity index is 3.56. The lowest BCUT2D eigenvalue weighted by Crippen LogP contribution is -2.08. The molecule has 1 N–H and O–H groups in total. The van der Waals surface area contributed by atoms with Crippen LogP contribution in [0.5, 0.6) is 0 Å². The van der Waals surface area contributed by atoms with Gasteiger partial charge in [0, 0.05) is 12.2 Å². The van der Waals surface area contributed by atoms with Crippen LogP contribution in [0.3, 0.4) is 0 Å². The average Bonchev–Trinajstić information content (AvgIpc) is 1.89. The molecule has 0 fully saturated rings. The molecule has 1 heteroatoms. The van der Waals surface area contributed by atoms with Crippen LogP contribution in [0.2, 0.25) is 0 Å². The van der Waals surface area contributed by atoms with Gasteiger partial charge in [0.1, 0.15) is 0 Å². The largest absolute Gasteiger partial charge is 0.389 e. The second-order valence-electron chi connectivity index (χ2n) is 2.22. The van der Waals surface area contributed by atoms with Crippen LogP contribution in [0.15, 0.2) is 23.9 Å². The lowest BCUT2D eigenvalue weighted by molar-refractivity contribution is 0.854. The van der Waals surface area contributed by atoms with E-state index >= 15 is 0 Å². The third-order valence-corrected chi connectivity index (χ3v) is 1.17. The monoisotopic (exact) mass is 139 g/mol. The summed E-state index contributed by atoms with van der Waals surface area (Å²) in [6, 6.07) is 0. The number of hydrogen-bond donors (Lipinski definition) is 1. The molecule has 0 aromatic heterocycles. The molecule has 10 heavy (non-hydrogen) atoms. The fourth-order valence-electron chi connectivity index (χ4n) is 0.686. The van der Waals surface area contributed by atoms with Crippen molar-refractivity contribution in [1.82, 2.24) is 5.32 Å². The first-order valence-corrected chi connectivity index (χ1v) is 3.88. The Bertz CT molecular complexity index is 123. The molecule has 0 aromatic rings. The minimum atomic E-state index is 1.00. The number of nitrogens with one attached hydrogen (secondary N) is 1. The van der Waals surface area contributed by atoms with Gasteiger partial charge in [0.25, 0.3) is 0 Å². The van der Waals surface area contributed by atoms with Crippen LogP contribution >= 0.6 is 0 Å². The molecule has 0 saturated carbocycles. The Kier molecular flexibility index (Phi) is 5.94. The van der Waals surface area contributed by atoms with Gasteiger partial charge in [-0.1, -0.05) is 19.1 Å². The normalized spacial score (nSPS) is 12.5. The molecule has 0 aliphatic carbocycles. The zero-order valence-corrected chi connectivity index (χ0v) is 7.15. The molecule has 0 heterocycles. The second-order valence-corrected chi connectivity index (χ2v) is 2.22. The van der Waals surface area contributed by atoms with Gasteiger partial charge < -0.3 is 5.32 Å². The summed E-state index contributed by atoms with van der Waals surface area (Å²) in [5.74, 6) is 0. The van der Waals surface area contributed by atoms with E-state index in [0.29, 0.717) is 0 Å². The van der Waals surface area contributed by atoms with E-state index in [0.717, 1.165) is 13.0 Å². The lowest BCUT2D eigenvalue weighted by Gasteiger charge is -1.98. The molecule has 0 amide bonds. The minimum absolute atomic E-state index is 1.00. The highest BCUT2D eigenvalue weighted by Gasteiger charge is 1.78. The summed E-state index contributed by atoms with van der Waals surface area (Å²) in [5.41, 5.74) is 1.23. The zero-order valence-electron chi connectivity index (χ0n) is 7.15. The summed E-state index contributed by atoms with van der Waals surface area (Å²) in [6.45, 7) is 7.31. The molecule has 1 nitrogen and oxygen atoms in total. The van der Waals surface area contributed by atoms with Gasteiger partial charge in [0.05, 0.1) is 0 Å². The van der Waals surface area contributed by atoms with Crippen molar-refractivity contribution in [1.29, 1.82) is 0 Å². The van der Waals surface area contributed by atoms with Crippen molar-refractivity contribution in [3.63, 3.8) is 0 Å². The van der Waals surface area contributed by atoms with Crippen molar-refractivity contribution in [2.75, 3.05) is 6.54 Å². The third-order valence-electron chi connectivity index (χ3n) is 1.17. The van der Waals surface area contributed by atoms with Crippen molar-refractivity contribution in [2.45, 2.75) is 27.2 Å². The molecule has 0 aliphatic rings. The van der Waals surface area contributed by atoms with E-state index in [4.69, 9.17) is 0 Å². The third kappa shape index (κ3) is 5.42. The van der Waals surface area contributed by atoms with Gasteiger partial charge in [-0.2, -0.15) is 0 Å². The van der Waals surface area contributed by atoms with Crippen molar-refractivity contribution < 1.29 is 0 Å². The maximum absolute atomic E-state index is 3.21. The Labute approximate surface area is 63.8 Å². The molecule has 0 spiro atoms. The van der Waals surface area contributed by atoms with Crippen LogP contribution in [0.1, 0.15) is 27.2 Å². The van der Waals surface area contributed by atoms with Gasteiger partial charge in [0.15, 0.2) is 0 Å². The molecule has 0 atom stereocenters. The molecule has 0 radical (unpaired) electrons. The summed E-state index contributed by atoms with van der Waals surface area (Å²) in [5, 5.41) is 3.21. The first kappa shape index (κ1) is 9.28. The van der Waals surface area contributed by atoms with Crippen LogP contribution < -0.4 is 5.32 Å². The fraction of sp³-hybridized carbons (Fsp3) is 0.556. The first-order valence-electron chi connectivity index (χ1n) is 3.88. The van der Waals surface area contributed by atoms with Gasteiger partial charge in [0.2, 0.25) is 0 Å². The highest BCUT2D eigenvalue weighted by Crippen LogP contribution is 1.87. The van der Waals surface area contributed by atoms with Crippen LogP contribution in [-0.4, -0.2) is 6.54 Å². The molecule has 0 saturated heterocycles. The van der Waals surface area contributed by atoms with Crippen molar-refractivity contribution >= 4 is 0 Å². The summed E-state index contributed by atoms with van der Waals surface area (Å²) in [7, 11) is 0. The zero-order chi connectivity index (χ0) is 7.82. The van der Waals surface area contributed by atoms with Crippen molar-refractivity contribution in [3.05, 3.63) is 23.9 Å². The highest BCUT2D eigenvalue weighted by atomic mass is 14.8. The maximum Gasteiger partial charge on any atom is 0.0115 e. The van der Waals surface area contributed by atoms with Crippen LogP contribution in [0, 0.1) is 0 Å². The molecule has 58 valence electrons. The topological polar surface area (TPSA) is 12.0 Å². The van der Waals surface area contributed by atoms with E-state index in [1.165, 1.54) is 5.70 Å². The maximum atomic E-state index is 3.21. The van der Waals surface area contributed by atoms with Crippen LogP contribution in [-0.2, 0) is 0 Å². The van der Waals surface area contributed by atoms with E-state index in [-0.39, 0.29) is 0 Å². The van der Waals surface area contributed by atoms with Gasteiger partial charge >= 0.3 is 0 Å². The Morgan fingerprint density at radius 3 is 2.60 bits per heavy atom. The van der Waals surface area contributed by atoms with Gasteiger partial charge in [-0.15, -0.1) is 0 Å². The molecule has 0 aromatic carbocycles. The average molecular weight is 139 g/mol. The summed E-state index contributed by atoms with van der Waals surface area (Å²) >= 11 is 0. The van der Waals surface area contributed by atoms with E-state index in [1.807, 2.05) is 0 Å². The predicted molar refractivity (Wildman–Crippen MR) is 46.9 cm³/mol. The predicted octanol–water partition coefficient (Wildman–Crippen LogP) is 2.47. The molecule has 0 unspecified atom stereocenters. The summed E-state index contributed by atoms with van der Waals surface area (Å²) < 4.78 is 0. The number of hydrogen-bond acceptors (Lipinski definition) is 1. The van der Waals surface area contributed by atoms with E-state index in [1.54, 1.807) is 0 Å². The lowest BCUT2D eigenvalue weighted by atomic mass is 10.3. The standard InChI is InChI=1S/C9H17N/c1-4-6-7-8-9(3)10-5-2/h6-8,10H,4-5H2,1-3H3/b7-6-,9-8+. The number of rotatable bonds is 4. The Morgan fingerprint density at radius 1 is 1.40 bits per heavy atom. The van der Waals surface area contributed by atoms with Crippen LogP contribution in [0.4, 0.5) is 0 Å². The minimum Gasteiger partial charge on any atom is -0.389 e. The second kappa shape index (κ2) is 6.40. The van der Waals surface area contributed by atoms with Crippen molar-refractivity contribution in [3.8, 4) is 0 Å². The molecule has 0 aliphatic heterocycles. The molecule has 0 rings (SSSR count). The summed E-state index contributed by atoms with van der Waals surface area (Å²) in [6.07, 6.45) is 7.42. The van der Waals surface area contributed by atoms with Gasteiger partial charge in [-0.05, 0) is 26.3 Å². The van der Waals surface area contributed by atoms with E-state index in [2.05, 4.69) is 44.3 Å². The molecular weight excluding hydrogens is 122 g/mol. The molecule has 0 bridgehead atoms. The van der Waals surface area contributed by atoms with E-state index < -0.39 is 0 Å². The first-order chi connectivity index (χ1) is 4.81. The Hall–Kier alpha value is -0.720. The smallest absolute Gasteiger partial charge is 0.0115 e. The van der Waals surface area contributed by atoms with E-state index in [9.17, 15) is 0 Å². The highest BCUT2D eigenvalue weighted by molar-refractivity contribution is 5.08. The summed E-state index contributed by atoms with van der Waals surface area (Å²) in [4.78, 5) is 0. The Morgan fingerprint density at radius 2 is 2.10 bits per heavy atom. The van der Waals surface area contributed by atoms with Crippen molar-refractivity contribution in [2.24, 2.45) is 0 Å². The SMILES string of the molecule is CC/C=C\C=C(/C)NCC. The fourth-order valence-corrected chi connectivity index (χ4v) is 0.686. The number of allylic oxidation sites excluding steroid dienone is 4.